The molecule has 118 valence electrons. The maximum Gasteiger partial charge on any atom is 0.0468 e. The first-order valence-electron chi connectivity index (χ1n) is 7.64. The molecule has 4 heteroatoms. The first-order valence-corrected chi connectivity index (χ1v) is 8.40. The van der Waals surface area contributed by atoms with Gasteiger partial charge in [-0.05, 0) is 37.0 Å². The highest BCUT2D eigenvalue weighted by Gasteiger charge is 2.35. The number of nitrogens with zero attached hydrogens (tertiary/aromatic N) is 1. The molecule has 21 heavy (non-hydrogen) atoms. The van der Waals surface area contributed by atoms with Crippen molar-refractivity contribution in [2.75, 3.05) is 13.1 Å². The van der Waals surface area contributed by atoms with Crippen molar-refractivity contribution in [3.05, 3.63) is 33.8 Å². The van der Waals surface area contributed by atoms with Gasteiger partial charge in [-0.15, -0.1) is 0 Å². The predicted octanol–water partition coefficient (Wildman–Crippen LogP) is 4.76. The summed E-state index contributed by atoms with van der Waals surface area (Å²) in [5, 5.41) is 5.12. The molecule has 1 fully saturated rings. The summed E-state index contributed by atoms with van der Waals surface area (Å²) < 4.78 is 0. The number of piperazine rings is 1. The van der Waals surface area contributed by atoms with Gasteiger partial charge in [-0.25, -0.2) is 0 Å². The molecule has 1 aromatic rings. The van der Waals surface area contributed by atoms with E-state index in [1.807, 2.05) is 12.1 Å². The second kappa shape index (κ2) is 6.45. The number of nitrogens with one attached hydrogen (secondary N) is 1. The molecule has 0 aliphatic carbocycles. The minimum Gasteiger partial charge on any atom is -0.311 e. The van der Waals surface area contributed by atoms with E-state index < -0.39 is 0 Å². The van der Waals surface area contributed by atoms with Crippen molar-refractivity contribution in [3.8, 4) is 0 Å². The van der Waals surface area contributed by atoms with Crippen LogP contribution in [0.3, 0.4) is 0 Å². The maximum absolute atomic E-state index is 6.39. The zero-order valence-corrected chi connectivity index (χ0v) is 15.1. The molecule has 1 heterocycles. The average Bonchev–Trinajstić information content (AvgIpc) is 2.37. The van der Waals surface area contributed by atoms with E-state index in [9.17, 15) is 0 Å². The Morgan fingerprint density at radius 2 is 1.95 bits per heavy atom. The van der Waals surface area contributed by atoms with Crippen LogP contribution in [0.15, 0.2) is 18.2 Å². The second-order valence-electron chi connectivity index (χ2n) is 7.21. The fourth-order valence-corrected chi connectivity index (χ4v) is 3.59. The number of halogens is 2. The molecule has 1 aliphatic rings. The molecule has 0 spiro atoms. The Labute approximate surface area is 138 Å². The lowest BCUT2D eigenvalue weighted by Gasteiger charge is -2.46. The Kier molecular flexibility index (Phi) is 5.25. The Hall–Kier alpha value is -0.280. The van der Waals surface area contributed by atoms with Gasteiger partial charge in [0.15, 0.2) is 0 Å². The number of benzene rings is 1. The van der Waals surface area contributed by atoms with Crippen LogP contribution in [0.4, 0.5) is 0 Å². The van der Waals surface area contributed by atoms with E-state index in [-0.39, 0.29) is 11.5 Å². The van der Waals surface area contributed by atoms with Crippen LogP contribution in [-0.2, 0) is 0 Å². The van der Waals surface area contributed by atoms with Gasteiger partial charge in [0.2, 0.25) is 0 Å². The van der Waals surface area contributed by atoms with E-state index in [0.717, 1.165) is 23.7 Å². The van der Waals surface area contributed by atoms with Crippen LogP contribution < -0.4 is 5.32 Å². The predicted molar refractivity (Wildman–Crippen MR) is 92.3 cm³/mol. The zero-order valence-electron chi connectivity index (χ0n) is 13.6. The molecule has 2 nitrogen and oxygen atoms in total. The summed E-state index contributed by atoms with van der Waals surface area (Å²) in [5.74, 6) is 0. The van der Waals surface area contributed by atoms with E-state index in [1.165, 1.54) is 0 Å². The van der Waals surface area contributed by atoms with Crippen molar-refractivity contribution in [1.82, 2.24) is 10.2 Å². The van der Waals surface area contributed by atoms with Gasteiger partial charge in [-0.3, -0.25) is 4.90 Å². The van der Waals surface area contributed by atoms with E-state index in [2.05, 4.69) is 50.9 Å². The van der Waals surface area contributed by atoms with Crippen molar-refractivity contribution in [3.63, 3.8) is 0 Å². The van der Waals surface area contributed by atoms with Crippen LogP contribution in [0.5, 0.6) is 0 Å². The molecule has 1 saturated heterocycles. The maximum atomic E-state index is 6.39. The molecule has 0 aromatic heterocycles. The fraction of sp³-hybridized carbons (Fsp3) is 0.647. The summed E-state index contributed by atoms with van der Waals surface area (Å²) >= 11 is 12.4. The minimum atomic E-state index is 0.252. The van der Waals surface area contributed by atoms with Gasteiger partial charge in [0.1, 0.15) is 0 Å². The van der Waals surface area contributed by atoms with Crippen molar-refractivity contribution in [2.24, 2.45) is 5.41 Å². The molecule has 0 radical (unpaired) electrons. The number of rotatable bonds is 2. The molecular formula is C17H26Cl2N2. The Morgan fingerprint density at radius 1 is 1.29 bits per heavy atom. The van der Waals surface area contributed by atoms with E-state index in [4.69, 9.17) is 23.2 Å². The van der Waals surface area contributed by atoms with Crippen molar-refractivity contribution in [2.45, 2.75) is 52.7 Å². The first kappa shape index (κ1) is 17.1. The molecule has 3 unspecified atom stereocenters. The quantitative estimate of drug-likeness (QED) is 0.841. The lowest BCUT2D eigenvalue weighted by molar-refractivity contribution is 0.0629. The van der Waals surface area contributed by atoms with Crippen LogP contribution in [0, 0.1) is 5.41 Å². The van der Waals surface area contributed by atoms with E-state index in [1.54, 1.807) is 0 Å². The largest absolute Gasteiger partial charge is 0.311 e. The normalized spacial score (nSPS) is 25.9. The molecule has 1 aliphatic heterocycles. The third kappa shape index (κ3) is 3.92. The second-order valence-corrected chi connectivity index (χ2v) is 8.06. The molecule has 0 bridgehead atoms. The number of hydrogen-bond acceptors (Lipinski definition) is 2. The van der Waals surface area contributed by atoms with Gasteiger partial charge in [-0.2, -0.15) is 0 Å². The van der Waals surface area contributed by atoms with Gasteiger partial charge >= 0.3 is 0 Å². The van der Waals surface area contributed by atoms with Gasteiger partial charge in [0.05, 0.1) is 0 Å². The van der Waals surface area contributed by atoms with Crippen LogP contribution in [0.1, 0.15) is 46.2 Å². The highest BCUT2D eigenvalue weighted by molar-refractivity contribution is 6.35. The van der Waals surface area contributed by atoms with Crippen LogP contribution >= 0.6 is 23.2 Å². The van der Waals surface area contributed by atoms with Gasteiger partial charge < -0.3 is 5.32 Å². The molecule has 1 N–H and O–H groups in total. The molecule has 0 amide bonds. The Morgan fingerprint density at radius 3 is 2.52 bits per heavy atom. The summed E-state index contributed by atoms with van der Waals surface area (Å²) in [5.41, 5.74) is 1.41. The highest BCUT2D eigenvalue weighted by Crippen LogP contribution is 2.33. The van der Waals surface area contributed by atoms with Crippen molar-refractivity contribution < 1.29 is 0 Å². The summed E-state index contributed by atoms with van der Waals surface area (Å²) in [6, 6.07) is 7.08. The van der Waals surface area contributed by atoms with Crippen LogP contribution in [0.25, 0.3) is 0 Å². The summed E-state index contributed by atoms with van der Waals surface area (Å²) in [6.45, 7) is 13.4. The third-order valence-corrected chi connectivity index (χ3v) is 5.14. The summed E-state index contributed by atoms with van der Waals surface area (Å²) in [4.78, 5) is 2.54. The lowest BCUT2D eigenvalue weighted by Crippen LogP contribution is -2.59. The lowest BCUT2D eigenvalue weighted by atomic mass is 9.84. The minimum absolute atomic E-state index is 0.252. The van der Waals surface area contributed by atoms with E-state index >= 15 is 0 Å². The van der Waals surface area contributed by atoms with Crippen LogP contribution in [-0.4, -0.2) is 30.1 Å². The smallest absolute Gasteiger partial charge is 0.0468 e. The molecular weight excluding hydrogens is 303 g/mol. The molecule has 1 aromatic carbocycles. The van der Waals surface area contributed by atoms with Crippen molar-refractivity contribution in [1.29, 1.82) is 0 Å². The first-order chi connectivity index (χ1) is 9.70. The monoisotopic (exact) mass is 328 g/mol. The molecule has 2 rings (SSSR count). The summed E-state index contributed by atoms with van der Waals surface area (Å²) in [6.07, 6.45) is 0. The van der Waals surface area contributed by atoms with E-state index in [0.29, 0.717) is 17.1 Å². The Balaban J connectivity index is 2.21. The highest BCUT2D eigenvalue weighted by atomic mass is 35.5. The fourth-order valence-electron chi connectivity index (χ4n) is 3.02. The van der Waals surface area contributed by atoms with Crippen molar-refractivity contribution >= 4 is 23.2 Å². The van der Waals surface area contributed by atoms with Crippen LogP contribution in [0.2, 0.25) is 10.0 Å². The summed E-state index contributed by atoms with van der Waals surface area (Å²) in [7, 11) is 0. The average molecular weight is 329 g/mol. The number of hydrogen-bond donors (Lipinski definition) is 1. The SMILES string of the molecule is CC1CNC(C(C)(C)C)CN1C(C)c1ccc(Cl)cc1Cl. The molecule has 3 atom stereocenters. The Bertz CT molecular complexity index is 496. The van der Waals surface area contributed by atoms with Gasteiger partial charge in [-0.1, -0.05) is 50.0 Å². The van der Waals surface area contributed by atoms with Gasteiger partial charge in [0, 0.05) is 41.3 Å². The zero-order chi connectivity index (χ0) is 15.8. The third-order valence-electron chi connectivity index (χ3n) is 4.57. The van der Waals surface area contributed by atoms with Gasteiger partial charge in [0.25, 0.3) is 0 Å². The standard InChI is InChI=1S/C17H26Cl2N2/c1-11-9-20-16(17(3,4)5)10-21(11)12(2)14-7-6-13(18)8-15(14)19/h6-8,11-12,16,20H,9-10H2,1-5H3. The topological polar surface area (TPSA) is 15.3 Å². The molecule has 0 saturated carbocycles.